The minimum Gasteiger partial charge on any atom is -0.544 e. The molecule has 1 aromatic rings. The quantitative estimate of drug-likeness (QED) is 0.678. The summed E-state index contributed by atoms with van der Waals surface area (Å²) >= 11 is 0. The first-order valence-corrected chi connectivity index (χ1v) is 10.4. The normalized spacial score (nSPS) is 17.5. The predicted molar refractivity (Wildman–Crippen MR) is 93.5 cm³/mol. The molecule has 118 valence electrons. The molecular weight excluding hydrogens is 292 g/mol. The van der Waals surface area contributed by atoms with Crippen LogP contribution in [0.4, 0.5) is 0 Å². The van der Waals surface area contributed by atoms with Crippen LogP contribution in [0.25, 0.3) is 6.08 Å². The molecule has 1 aromatic carbocycles. The minimum absolute atomic E-state index is 0.154. The number of benzene rings is 1. The van der Waals surface area contributed by atoms with Gasteiger partial charge in [0.2, 0.25) is 8.32 Å². The number of aliphatic imine (C=N–C) groups is 1. The molecule has 0 aliphatic carbocycles. The molecule has 0 spiro atoms. The van der Waals surface area contributed by atoms with Gasteiger partial charge < -0.3 is 9.74 Å². The van der Waals surface area contributed by atoms with Crippen molar-refractivity contribution in [3.63, 3.8) is 0 Å². The zero-order valence-corrected chi connectivity index (χ0v) is 15.2. The van der Waals surface area contributed by atoms with Crippen molar-refractivity contribution in [1.82, 2.24) is 5.32 Å². The number of amides is 1. The van der Waals surface area contributed by atoms with Crippen molar-refractivity contribution in [3.05, 3.63) is 35.5 Å². The van der Waals surface area contributed by atoms with Crippen molar-refractivity contribution in [3.8, 4) is 5.75 Å². The number of amidine groups is 1. The molecule has 1 heterocycles. The van der Waals surface area contributed by atoms with Gasteiger partial charge in [0.25, 0.3) is 5.91 Å². The minimum atomic E-state index is -1.82. The summed E-state index contributed by atoms with van der Waals surface area (Å²) in [6.07, 6.45) is 1.78. The van der Waals surface area contributed by atoms with Crippen LogP contribution in [-0.4, -0.2) is 20.1 Å². The highest BCUT2D eigenvalue weighted by atomic mass is 28.4. The van der Waals surface area contributed by atoms with Crippen molar-refractivity contribution in [1.29, 1.82) is 0 Å². The molecule has 1 amide bonds. The van der Waals surface area contributed by atoms with Crippen molar-refractivity contribution in [2.45, 2.75) is 45.8 Å². The first kappa shape index (κ1) is 16.5. The molecule has 0 fully saturated rings. The van der Waals surface area contributed by atoms with E-state index < -0.39 is 8.32 Å². The largest absolute Gasteiger partial charge is 0.544 e. The molecule has 0 radical (unpaired) electrons. The van der Waals surface area contributed by atoms with Gasteiger partial charge >= 0.3 is 0 Å². The summed E-state index contributed by atoms with van der Waals surface area (Å²) in [6, 6.07) is 7.81. The number of nitrogens with one attached hydrogen (secondary N) is 1. The van der Waals surface area contributed by atoms with Crippen LogP contribution in [0.15, 0.2) is 35.0 Å². The molecule has 0 aromatic heterocycles. The van der Waals surface area contributed by atoms with Crippen molar-refractivity contribution in [2.24, 2.45) is 4.99 Å². The van der Waals surface area contributed by atoms with Gasteiger partial charge in [-0.25, -0.2) is 4.99 Å². The molecule has 5 heteroatoms. The van der Waals surface area contributed by atoms with Crippen LogP contribution >= 0.6 is 0 Å². The molecule has 4 nitrogen and oxygen atoms in total. The predicted octanol–water partition coefficient (Wildman–Crippen LogP) is 3.96. The summed E-state index contributed by atoms with van der Waals surface area (Å²) < 4.78 is 6.24. The second kappa shape index (κ2) is 5.72. The van der Waals surface area contributed by atoms with E-state index in [1.54, 1.807) is 13.0 Å². The van der Waals surface area contributed by atoms with Gasteiger partial charge in [0.15, 0.2) is 0 Å². The second-order valence-electron chi connectivity index (χ2n) is 7.11. The molecule has 1 aliphatic rings. The molecule has 0 saturated carbocycles. The summed E-state index contributed by atoms with van der Waals surface area (Å²) in [7, 11) is -1.82. The van der Waals surface area contributed by atoms with Crippen molar-refractivity contribution >= 4 is 26.1 Å². The number of rotatable bonds is 3. The lowest BCUT2D eigenvalue weighted by Crippen LogP contribution is -2.43. The van der Waals surface area contributed by atoms with E-state index in [2.05, 4.69) is 44.2 Å². The van der Waals surface area contributed by atoms with E-state index in [0.29, 0.717) is 11.5 Å². The summed E-state index contributed by atoms with van der Waals surface area (Å²) in [5, 5.41) is 2.84. The summed E-state index contributed by atoms with van der Waals surface area (Å²) in [4.78, 5) is 15.8. The van der Waals surface area contributed by atoms with Gasteiger partial charge in [-0.2, -0.15) is 0 Å². The second-order valence-corrected chi connectivity index (χ2v) is 11.8. The maximum absolute atomic E-state index is 11.6. The Morgan fingerprint density at radius 3 is 2.23 bits per heavy atom. The maximum Gasteiger partial charge on any atom is 0.275 e. The van der Waals surface area contributed by atoms with Gasteiger partial charge in [0.05, 0.1) is 0 Å². The van der Waals surface area contributed by atoms with Crippen LogP contribution in [0, 0.1) is 0 Å². The summed E-state index contributed by atoms with van der Waals surface area (Å²) in [5.74, 6) is 1.36. The Morgan fingerprint density at radius 1 is 1.18 bits per heavy atom. The molecule has 1 aliphatic heterocycles. The monoisotopic (exact) mass is 316 g/mol. The molecule has 1 N–H and O–H groups in total. The molecule has 0 atom stereocenters. The molecule has 0 saturated heterocycles. The third-order valence-corrected chi connectivity index (χ3v) is 8.54. The van der Waals surface area contributed by atoms with E-state index in [-0.39, 0.29) is 10.9 Å². The first-order chi connectivity index (χ1) is 10.1. The Labute approximate surface area is 133 Å². The van der Waals surface area contributed by atoms with Crippen LogP contribution in [0.2, 0.25) is 18.1 Å². The zero-order chi connectivity index (χ0) is 16.5. The van der Waals surface area contributed by atoms with Crippen LogP contribution in [0.1, 0.15) is 33.3 Å². The summed E-state index contributed by atoms with van der Waals surface area (Å²) in [6.45, 7) is 12.9. The Hall–Kier alpha value is -1.88. The van der Waals surface area contributed by atoms with E-state index in [1.807, 2.05) is 24.3 Å². The van der Waals surface area contributed by atoms with Crippen molar-refractivity contribution < 1.29 is 9.22 Å². The topological polar surface area (TPSA) is 50.7 Å². The molecule has 2 rings (SSSR count). The maximum atomic E-state index is 11.6. The lowest BCUT2D eigenvalue weighted by Gasteiger charge is -2.36. The standard InChI is InChI=1S/C17H24N2O2Si/c1-12-18-15(16(20)19-12)11-13-7-9-14(10-8-13)21-22(5,6)17(2,3)4/h7-11H,1-6H3,(H,18,19,20)/b15-11+. The lowest BCUT2D eigenvalue weighted by molar-refractivity contribution is -0.115. The fourth-order valence-corrected chi connectivity index (χ4v) is 2.85. The average molecular weight is 316 g/mol. The van der Waals surface area contributed by atoms with E-state index in [9.17, 15) is 4.79 Å². The Bertz CT molecular complexity index is 638. The fraction of sp³-hybridized carbons (Fsp3) is 0.412. The third kappa shape index (κ3) is 3.65. The van der Waals surface area contributed by atoms with Crippen LogP contribution < -0.4 is 9.74 Å². The highest BCUT2D eigenvalue weighted by Gasteiger charge is 2.38. The van der Waals surface area contributed by atoms with Crippen molar-refractivity contribution in [2.75, 3.05) is 0 Å². The van der Waals surface area contributed by atoms with Gasteiger partial charge in [-0.3, -0.25) is 4.79 Å². The average Bonchev–Trinajstić information content (AvgIpc) is 2.68. The van der Waals surface area contributed by atoms with Gasteiger partial charge in [-0.05, 0) is 48.8 Å². The SMILES string of the molecule is CC1=N/C(=C/c2ccc(O[Si](C)(C)C(C)(C)C)cc2)C(=O)N1. The van der Waals surface area contributed by atoms with Crippen LogP contribution in [-0.2, 0) is 4.79 Å². The van der Waals surface area contributed by atoms with Gasteiger partial charge in [-0.1, -0.05) is 32.9 Å². The zero-order valence-electron chi connectivity index (χ0n) is 14.2. The highest BCUT2D eigenvalue weighted by molar-refractivity contribution is 6.74. The Balaban J connectivity index is 2.15. The van der Waals surface area contributed by atoms with E-state index in [4.69, 9.17) is 4.43 Å². The molecular formula is C17H24N2O2Si. The molecule has 0 unspecified atom stereocenters. The molecule has 0 bridgehead atoms. The Morgan fingerprint density at radius 2 is 1.77 bits per heavy atom. The number of carbonyl (C=O) groups is 1. The number of nitrogens with zero attached hydrogens (tertiary/aromatic N) is 1. The van der Waals surface area contributed by atoms with Gasteiger partial charge in [0, 0.05) is 0 Å². The highest BCUT2D eigenvalue weighted by Crippen LogP contribution is 2.37. The third-order valence-electron chi connectivity index (χ3n) is 4.18. The van der Waals surface area contributed by atoms with Gasteiger partial charge in [0.1, 0.15) is 17.3 Å². The number of carbonyl (C=O) groups excluding carboxylic acids is 1. The smallest absolute Gasteiger partial charge is 0.275 e. The van der Waals surface area contributed by atoms with E-state index in [0.717, 1.165) is 11.3 Å². The Kier molecular flexibility index (Phi) is 4.29. The van der Waals surface area contributed by atoms with Crippen LogP contribution in [0.5, 0.6) is 5.75 Å². The molecule has 22 heavy (non-hydrogen) atoms. The number of hydrogen-bond acceptors (Lipinski definition) is 3. The van der Waals surface area contributed by atoms with E-state index in [1.165, 1.54) is 0 Å². The van der Waals surface area contributed by atoms with Gasteiger partial charge in [-0.15, -0.1) is 0 Å². The number of hydrogen-bond donors (Lipinski definition) is 1. The summed E-state index contributed by atoms with van der Waals surface area (Å²) in [5.41, 5.74) is 1.38. The van der Waals surface area contributed by atoms with E-state index >= 15 is 0 Å². The lowest BCUT2D eigenvalue weighted by atomic mass is 10.2. The van der Waals surface area contributed by atoms with Crippen LogP contribution in [0.3, 0.4) is 0 Å². The first-order valence-electron chi connectivity index (χ1n) is 7.46. The fourth-order valence-electron chi connectivity index (χ4n) is 1.82.